The molecule has 1 aromatic carbocycles. The summed E-state index contributed by atoms with van der Waals surface area (Å²) < 4.78 is 1.65. The number of thiazole rings is 1. The smallest absolute Gasteiger partial charge is 0.307 e. The van der Waals surface area contributed by atoms with E-state index in [1.165, 1.54) is 11.3 Å². The zero-order valence-electron chi connectivity index (χ0n) is 12.8. The number of nitrogens with two attached hydrogens (primary N) is 1. The third-order valence-electron chi connectivity index (χ3n) is 3.68. The van der Waals surface area contributed by atoms with E-state index in [0.29, 0.717) is 13.1 Å². The summed E-state index contributed by atoms with van der Waals surface area (Å²) in [5, 5.41) is 2.82. The molecule has 0 saturated carbocycles. The Kier molecular flexibility index (Phi) is 5.51. The molecule has 1 heterocycles. The van der Waals surface area contributed by atoms with E-state index in [2.05, 4.69) is 5.32 Å². The first-order valence-corrected chi connectivity index (χ1v) is 8.04. The number of amides is 1. The Balaban J connectivity index is 1.82. The van der Waals surface area contributed by atoms with Gasteiger partial charge >= 0.3 is 4.87 Å². The minimum absolute atomic E-state index is 0.0104. The fraction of sp³-hybridized carbons (Fsp3) is 0.375. The van der Waals surface area contributed by atoms with E-state index in [1.807, 2.05) is 44.2 Å². The van der Waals surface area contributed by atoms with Crippen molar-refractivity contribution < 1.29 is 4.79 Å². The summed E-state index contributed by atoms with van der Waals surface area (Å²) in [7, 11) is 0. The van der Waals surface area contributed by atoms with Crippen LogP contribution in [0.2, 0.25) is 0 Å². The van der Waals surface area contributed by atoms with Crippen LogP contribution in [0.5, 0.6) is 0 Å². The van der Waals surface area contributed by atoms with E-state index < -0.39 is 0 Å². The molecule has 0 bridgehead atoms. The lowest BCUT2D eigenvalue weighted by atomic mass is 10.1. The first-order chi connectivity index (χ1) is 10.5. The number of aryl methyl sites for hydroxylation is 1. The summed E-state index contributed by atoms with van der Waals surface area (Å²) in [5.41, 5.74) is 7.96. The molecule has 2 rings (SSSR count). The molecule has 5 nitrogen and oxygen atoms in total. The number of benzene rings is 1. The number of nitrogens with zero attached hydrogens (tertiary/aromatic N) is 1. The number of hydrogen-bond donors (Lipinski definition) is 2. The van der Waals surface area contributed by atoms with Crippen LogP contribution in [0.15, 0.2) is 35.1 Å². The number of carbonyl (C=O) groups excluding carboxylic acids is 1. The molecule has 0 spiro atoms. The summed E-state index contributed by atoms with van der Waals surface area (Å²) in [6, 6.07) is 9.42. The highest BCUT2D eigenvalue weighted by Gasteiger charge is 2.11. The van der Waals surface area contributed by atoms with Crippen LogP contribution in [0.1, 0.15) is 28.6 Å². The van der Waals surface area contributed by atoms with Crippen molar-refractivity contribution in [1.29, 1.82) is 0 Å². The average Bonchev–Trinajstić information content (AvgIpc) is 2.76. The Hall–Kier alpha value is -1.92. The van der Waals surface area contributed by atoms with Gasteiger partial charge in [0.1, 0.15) is 0 Å². The van der Waals surface area contributed by atoms with E-state index in [-0.39, 0.29) is 23.2 Å². The van der Waals surface area contributed by atoms with E-state index in [9.17, 15) is 9.59 Å². The fourth-order valence-corrected chi connectivity index (χ4v) is 3.05. The summed E-state index contributed by atoms with van der Waals surface area (Å²) in [6.07, 6.45) is 0.276. The standard InChI is InChI=1S/C16H21N3O2S/c1-11-12(2)22-16(21)19(11)9-8-15(20)18-10-14(17)13-6-4-3-5-7-13/h3-7,14H,8-10,17H2,1-2H3,(H,18,20). The van der Waals surface area contributed by atoms with Crippen molar-refractivity contribution in [3.05, 3.63) is 56.1 Å². The number of nitrogens with one attached hydrogen (secondary N) is 1. The zero-order chi connectivity index (χ0) is 16.1. The number of aromatic nitrogens is 1. The van der Waals surface area contributed by atoms with Crippen LogP contribution in [0.25, 0.3) is 0 Å². The summed E-state index contributed by atoms with van der Waals surface area (Å²) in [5.74, 6) is -0.0958. The van der Waals surface area contributed by atoms with Crippen LogP contribution in [0, 0.1) is 13.8 Å². The lowest BCUT2D eigenvalue weighted by Crippen LogP contribution is -2.32. The molecule has 1 unspecified atom stereocenters. The zero-order valence-corrected chi connectivity index (χ0v) is 13.7. The highest BCUT2D eigenvalue weighted by Crippen LogP contribution is 2.10. The Labute approximate surface area is 133 Å². The van der Waals surface area contributed by atoms with Crippen molar-refractivity contribution in [2.75, 3.05) is 6.54 Å². The minimum atomic E-state index is -0.224. The number of carbonyl (C=O) groups is 1. The van der Waals surface area contributed by atoms with Gasteiger partial charge in [-0.1, -0.05) is 41.7 Å². The lowest BCUT2D eigenvalue weighted by molar-refractivity contribution is -0.121. The predicted molar refractivity (Wildman–Crippen MR) is 89.1 cm³/mol. The first kappa shape index (κ1) is 16.5. The Morgan fingerprint density at radius 2 is 2.00 bits per heavy atom. The maximum Gasteiger partial charge on any atom is 0.307 e. The lowest BCUT2D eigenvalue weighted by Gasteiger charge is -2.13. The second-order valence-corrected chi connectivity index (χ2v) is 6.40. The fourth-order valence-electron chi connectivity index (χ4n) is 2.19. The SMILES string of the molecule is Cc1sc(=O)n(CCC(=O)NCC(N)c2ccccc2)c1C. The third-order valence-corrected chi connectivity index (χ3v) is 4.68. The van der Waals surface area contributed by atoms with Crippen LogP contribution < -0.4 is 15.9 Å². The third kappa shape index (κ3) is 4.05. The van der Waals surface area contributed by atoms with Crippen molar-refractivity contribution in [2.24, 2.45) is 5.73 Å². The maximum atomic E-state index is 11.9. The van der Waals surface area contributed by atoms with Gasteiger partial charge in [-0.15, -0.1) is 0 Å². The molecule has 0 fully saturated rings. The van der Waals surface area contributed by atoms with Crippen LogP contribution in [0.3, 0.4) is 0 Å². The Morgan fingerprint density at radius 1 is 1.32 bits per heavy atom. The second-order valence-electron chi connectivity index (χ2n) is 5.23. The van der Waals surface area contributed by atoms with Gasteiger partial charge in [-0.2, -0.15) is 0 Å². The minimum Gasteiger partial charge on any atom is -0.354 e. The first-order valence-electron chi connectivity index (χ1n) is 7.23. The molecule has 2 aromatic rings. The van der Waals surface area contributed by atoms with E-state index in [0.717, 1.165) is 16.1 Å². The van der Waals surface area contributed by atoms with Gasteiger partial charge in [0.05, 0.1) is 0 Å². The summed E-state index contributed by atoms with van der Waals surface area (Å²) >= 11 is 1.22. The molecule has 3 N–H and O–H groups in total. The van der Waals surface area contributed by atoms with Crippen LogP contribution in [-0.4, -0.2) is 17.0 Å². The van der Waals surface area contributed by atoms with Crippen molar-refractivity contribution >= 4 is 17.2 Å². The van der Waals surface area contributed by atoms with Crippen molar-refractivity contribution in [3.8, 4) is 0 Å². The second kappa shape index (κ2) is 7.38. The molecule has 6 heteroatoms. The Morgan fingerprint density at radius 3 is 2.59 bits per heavy atom. The average molecular weight is 319 g/mol. The summed E-state index contributed by atoms with van der Waals surface area (Å²) in [4.78, 5) is 24.6. The molecule has 1 aromatic heterocycles. The molecule has 1 atom stereocenters. The molecule has 0 radical (unpaired) electrons. The van der Waals surface area contributed by atoms with Crippen LogP contribution in [-0.2, 0) is 11.3 Å². The molecule has 118 valence electrons. The monoisotopic (exact) mass is 319 g/mol. The van der Waals surface area contributed by atoms with Gasteiger partial charge in [0.2, 0.25) is 5.91 Å². The highest BCUT2D eigenvalue weighted by atomic mass is 32.1. The molecule has 0 aliphatic rings. The normalized spacial score (nSPS) is 12.1. The van der Waals surface area contributed by atoms with E-state index in [1.54, 1.807) is 4.57 Å². The van der Waals surface area contributed by atoms with E-state index in [4.69, 9.17) is 5.73 Å². The van der Waals surface area contributed by atoms with Gasteiger partial charge in [-0.05, 0) is 19.4 Å². The van der Waals surface area contributed by atoms with Gasteiger partial charge in [0.15, 0.2) is 0 Å². The molecule has 1 amide bonds. The maximum absolute atomic E-state index is 11.9. The number of hydrogen-bond acceptors (Lipinski definition) is 4. The van der Waals surface area contributed by atoms with Gasteiger partial charge < -0.3 is 15.6 Å². The molecule has 22 heavy (non-hydrogen) atoms. The van der Waals surface area contributed by atoms with Crippen molar-refractivity contribution in [3.63, 3.8) is 0 Å². The van der Waals surface area contributed by atoms with Gasteiger partial charge in [-0.3, -0.25) is 9.59 Å². The van der Waals surface area contributed by atoms with Crippen molar-refractivity contribution in [1.82, 2.24) is 9.88 Å². The number of rotatable bonds is 6. The molecular formula is C16H21N3O2S. The van der Waals surface area contributed by atoms with Crippen LogP contribution in [0.4, 0.5) is 0 Å². The molecule has 0 aliphatic heterocycles. The highest BCUT2D eigenvalue weighted by molar-refractivity contribution is 7.09. The van der Waals surface area contributed by atoms with E-state index >= 15 is 0 Å². The van der Waals surface area contributed by atoms with Crippen LogP contribution >= 0.6 is 11.3 Å². The van der Waals surface area contributed by atoms with Gasteiger partial charge in [0, 0.05) is 36.1 Å². The topological polar surface area (TPSA) is 77.1 Å². The largest absolute Gasteiger partial charge is 0.354 e. The predicted octanol–water partition coefficient (Wildman–Crippen LogP) is 1.73. The molecule has 0 aliphatic carbocycles. The van der Waals surface area contributed by atoms with Gasteiger partial charge in [0.25, 0.3) is 0 Å². The van der Waals surface area contributed by atoms with Gasteiger partial charge in [-0.25, -0.2) is 0 Å². The molecule has 0 saturated heterocycles. The van der Waals surface area contributed by atoms with Crippen molar-refractivity contribution in [2.45, 2.75) is 32.9 Å². The quantitative estimate of drug-likeness (QED) is 0.851. The molecular weight excluding hydrogens is 298 g/mol. The Bertz CT molecular complexity index is 691. The summed E-state index contributed by atoms with van der Waals surface area (Å²) in [6.45, 7) is 4.61.